The molecule has 244 valence electrons. The topological polar surface area (TPSA) is 174 Å². The highest BCUT2D eigenvalue weighted by Crippen LogP contribution is 2.13. The Morgan fingerprint density at radius 1 is 0.682 bits per heavy atom. The molecule has 0 atom stereocenters. The molecule has 1 aromatic rings. The van der Waals surface area contributed by atoms with Crippen molar-refractivity contribution in [1.82, 2.24) is 10.6 Å². The summed E-state index contributed by atoms with van der Waals surface area (Å²) in [7, 11) is 0. The second-order valence-corrected chi connectivity index (χ2v) is 9.23. The van der Waals surface area contributed by atoms with E-state index in [4.69, 9.17) is 34.2 Å². The fourth-order valence-corrected chi connectivity index (χ4v) is 3.26. The molecule has 13 heteroatoms. The van der Waals surface area contributed by atoms with Crippen molar-refractivity contribution in [2.75, 3.05) is 92.4 Å². The van der Waals surface area contributed by atoms with Crippen molar-refractivity contribution in [3.05, 3.63) is 71.8 Å². The highest BCUT2D eigenvalue weighted by atomic mass is 16.5. The zero-order valence-electron chi connectivity index (χ0n) is 25.4. The first-order chi connectivity index (χ1) is 21.2. The molecule has 0 bridgehead atoms. The van der Waals surface area contributed by atoms with E-state index in [0.29, 0.717) is 66.1 Å². The van der Waals surface area contributed by atoms with Gasteiger partial charge in [0.05, 0.1) is 79.3 Å². The average Bonchev–Trinajstić information content (AvgIpc) is 3.00. The van der Waals surface area contributed by atoms with Crippen LogP contribution in [0.15, 0.2) is 55.2 Å². The summed E-state index contributed by atoms with van der Waals surface area (Å²) in [6.45, 7) is 14.2. The molecule has 0 saturated carbocycles. The van der Waals surface area contributed by atoms with E-state index >= 15 is 0 Å². The van der Waals surface area contributed by atoms with Gasteiger partial charge in [0.2, 0.25) is 5.91 Å². The standard InChI is InChI=1S/C31H45N3O10/c1-4-9-39-12-15-42-16-13-40-10-7-33-30(37)26-20-25(28(35)5-6-29(32)36)21-27(22-26)31(38)34-8-11-41-14-17-43-18-19-44-23-24(2)3/h4-6,20-22H,1-2,7-19,23H2,3H3,(H2,32,36)(H,33,37)(H,34,38)/b6-5+. The summed E-state index contributed by atoms with van der Waals surface area (Å²) < 4.78 is 32.2. The second kappa shape index (κ2) is 24.7. The number of ether oxygens (including phenoxy) is 6. The smallest absolute Gasteiger partial charge is 0.251 e. The van der Waals surface area contributed by atoms with Gasteiger partial charge in [-0.15, -0.1) is 6.58 Å². The number of ketones is 1. The minimum Gasteiger partial charge on any atom is -0.377 e. The van der Waals surface area contributed by atoms with Gasteiger partial charge in [0.1, 0.15) is 0 Å². The number of carbonyl (C=O) groups excluding carboxylic acids is 4. The molecule has 1 rings (SSSR count). The summed E-state index contributed by atoms with van der Waals surface area (Å²) in [5.74, 6) is -2.43. The van der Waals surface area contributed by atoms with Gasteiger partial charge in [-0.25, -0.2) is 0 Å². The predicted molar refractivity (Wildman–Crippen MR) is 164 cm³/mol. The van der Waals surface area contributed by atoms with Crippen LogP contribution >= 0.6 is 0 Å². The highest BCUT2D eigenvalue weighted by molar-refractivity contribution is 6.10. The van der Waals surface area contributed by atoms with Crippen LogP contribution in [0.1, 0.15) is 38.0 Å². The molecule has 1 aromatic carbocycles. The van der Waals surface area contributed by atoms with Crippen molar-refractivity contribution in [1.29, 1.82) is 0 Å². The predicted octanol–water partition coefficient (Wildman–Crippen LogP) is 1.23. The second-order valence-electron chi connectivity index (χ2n) is 9.23. The summed E-state index contributed by atoms with van der Waals surface area (Å²) in [6, 6.07) is 4.03. The SMILES string of the molecule is C=CCOCCOCCOCCNC(=O)c1cc(C(=O)/C=C/C(N)=O)cc(C(=O)NCCOCCOCCOCC(=C)C)c1. The van der Waals surface area contributed by atoms with Crippen LogP contribution in [-0.4, -0.2) is 116 Å². The first-order valence-corrected chi connectivity index (χ1v) is 14.2. The summed E-state index contributed by atoms with van der Waals surface area (Å²) in [5.41, 5.74) is 6.21. The van der Waals surface area contributed by atoms with Crippen molar-refractivity contribution >= 4 is 23.5 Å². The Morgan fingerprint density at radius 2 is 1.11 bits per heavy atom. The first kappa shape index (κ1) is 38.3. The molecule has 0 aliphatic carbocycles. The van der Waals surface area contributed by atoms with Crippen LogP contribution in [0.5, 0.6) is 0 Å². The van der Waals surface area contributed by atoms with Crippen LogP contribution in [0.25, 0.3) is 0 Å². The molecule has 3 amide bonds. The molecule has 0 saturated heterocycles. The monoisotopic (exact) mass is 619 g/mol. The lowest BCUT2D eigenvalue weighted by molar-refractivity contribution is -0.113. The zero-order valence-corrected chi connectivity index (χ0v) is 25.4. The Morgan fingerprint density at radius 3 is 1.57 bits per heavy atom. The van der Waals surface area contributed by atoms with E-state index in [-0.39, 0.29) is 43.0 Å². The van der Waals surface area contributed by atoms with Crippen LogP contribution in [-0.2, 0) is 33.2 Å². The normalized spacial score (nSPS) is 10.9. The molecule has 0 heterocycles. The maximum Gasteiger partial charge on any atom is 0.251 e. The minimum atomic E-state index is -0.807. The number of allylic oxidation sites excluding steroid dienone is 1. The molecule has 0 unspecified atom stereocenters. The third kappa shape index (κ3) is 19.5. The lowest BCUT2D eigenvalue weighted by Crippen LogP contribution is -2.30. The van der Waals surface area contributed by atoms with E-state index in [2.05, 4.69) is 23.8 Å². The number of benzene rings is 1. The number of nitrogens with one attached hydrogen (secondary N) is 2. The summed E-state index contributed by atoms with van der Waals surface area (Å²) in [6.07, 6.45) is 3.54. The maximum atomic E-state index is 12.8. The van der Waals surface area contributed by atoms with Crippen LogP contribution in [0.3, 0.4) is 0 Å². The number of carbonyl (C=O) groups is 4. The molecule has 0 spiro atoms. The van der Waals surface area contributed by atoms with Crippen LogP contribution in [0, 0.1) is 0 Å². The third-order valence-corrected chi connectivity index (χ3v) is 5.28. The number of nitrogens with two attached hydrogens (primary N) is 1. The molecule has 4 N–H and O–H groups in total. The van der Waals surface area contributed by atoms with E-state index in [1.165, 1.54) is 18.2 Å². The van der Waals surface area contributed by atoms with Gasteiger partial charge in [0.25, 0.3) is 11.8 Å². The molecular formula is C31H45N3O10. The largest absolute Gasteiger partial charge is 0.377 e. The Labute approximate surface area is 258 Å². The van der Waals surface area contributed by atoms with Gasteiger partial charge in [0.15, 0.2) is 5.78 Å². The molecule has 0 aliphatic heterocycles. The molecule has 44 heavy (non-hydrogen) atoms. The lowest BCUT2D eigenvalue weighted by Gasteiger charge is -2.11. The number of primary amides is 1. The van der Waals surface area contributed by atoms with Crippen molar-refractivity contribution in [2.24, 2.45) is 5.73 Å². The first-order valence-electron chi connectivity index (χ1n) is 14.2. The Kier molecular flexibility index (Phi) is 21.5. The quantitative estimate of drug-likeness (QED) is 0.0563. The van der Waals surface area contributed by atoms with Crippen LogP contribution in [0.2, 0.25) is 0 Å². The molecule has 0 aromatic heterocycles. The minimum absolute atomic E-state index is 0.0337. The van der Waals surface area contributed by atoms with E-state index in [1.807, 2.05) is 6.92 Å². The van der Waals surface area contributed by atoms with Crippen molar-refractivity contribution < 1.29 is 47.6 Å². The van der Waals surface area contributed by atoms with Crippen molar-refractivity contribution in [2.45, 2.75) is 6.92 Å². The van der Waals surface area contributed by atoms with E-state index in [0.717, 1.165) is 17.7 Å². The highest BCUT2D eigenvalue weighted by Gasteiger charge is 2.15. The van der Waals surface area contributed by atoms with Gasteiger partial charge >= 0.3 is 0 Å². The third-order valence-electron chi connectivity index (χ3n) is 5.28. The maximum absolute atomic E-state index is 12.8. The summed E-state index contributed by atoms with van der Waals surface area (Å²) in [4.78, 5) is 49.3. The Bertz CT molecular complexity index is 1090. The zero-order chi connectivity index (χ0) is 32.4. The molecule has 0 aliphatic rings. The summed E-state index contributed by atoms with van der Waals surface area (Å²) >= 11 is 0. The van der Waals surface area contributed by atoms with E-state index < -0.39 is 23.5 Å². The number of rotatable bonds is 27. The van der Waals surface area contributed by atoms with Crippen LogP contribution in [0.4, 0.5) is 0 Å². The van der Waals surface area contributed by atoms with Gasteiger partial charge < -0.3 is 44.8 Å². The van der Waals surface area contributed by atoms with Crippen molar-refractivity contribution in [3.63, 3.8) is 0 Å². The Hall–Kier alpha value is -3.72. The number of amides is 3. The molecule has 0 fully saturated rings. The van der Waals surface area contributed by atoms with Gasteiger partial charge in [0, 0.05) is 35.9 Å². The summed E-state index contributed by atoms with van der Waals surface area (Å²) in [5, 5.41) is 5.38. The van der Waals surface area contributed by atoms with Gasteiger partial charge in [-0.2, -0.15) is 0 Å². The van der Waals surface area contributed by atoms with E-state index in [9.17, 15) is 19.2 Å². The van der Waals surface area contributed by atoms with E-state index in [1.54, 1.807) is 6.08 Å². The van der Waals surface area contributed by atoms with Gasteiger partial charge in [-0.1, -0.05) is 18.2 Å². The van der Waals surface area contributed by atoms with Gasteiger partial charge in [-0.05, 0) is 31.2 Å². The molecule has 13 nitrogen and oxygen atoms in total. The number of hydrogen-bond donors (Lipinski definition) is 3. The number of hydrogen-bond acceptors (Lipinski definition) is 10. The van der Waals surface area contributed by atoms with Crippen molar-refractivity contribution in [3.8, 4) is 0 Å². The lowest BCUT2D eigenvalue weighted by atomic mass is 10.0. The van der Waals surface area contributed by atoms with Crippen LogP contribution < -0.4 is 16.4 Å². The Balaban J connectivity index is 2.55. The molecule has 0 radical (unpaired) electrons. The average molecular weight is 620 g/mol. The fraction of sp³-hybridized carbons (Fsp3) is 0.484. The fourth-order valence-electron chi connectivity index (χ4n) is 3.26. The van der Waals surface area contributed by atoms with Gasteiger partial charge in [-0.3, -0.25) is 19.2 Å². The molecular weight excluding hydrogens is 574 g/mol.